The van der Waals surface area contributed by atoms with Crippen molar-refractivity contribution < 1.29 is 9.13 Å². The smallest absolute Gasteiger partial charge is 0.162 e. The second-order valence-corrected chi connectivity index (χ2v) is 6.09. The van der Waals surface area contributed by atoms with Crippen LogP contribution < -0.4 is 15.0 Å². The maximum Gasteiger partial charge on any atom is 0.162 e. The van der Waals surface area contributed by atoms with E-state index in [-0.39, 0.29) is 6.04 Å². The Labute approximate surface area is 150 Å². The number of hydrogen-bond acceptors (Lipinski definition) is 7. The van der Waals surface area contributed by atoms with Crippen molar-refractivity contribution in [1.82, 2.24) is 25.3 Å². The third-order valence-electron chi connectivity index (χ3n) is 4.45. The highest BCUT2D eigenvalue weighted by Crippen LogP contribution is 2.33. The van der Waals surface area contributed by atoms with Crippen LogP contribution in [0.5, 0.6) is 5.75 Å². The van der Waals surface area contributed by atoms with Crippen LogP contribution in [-0.2, 0) is 0 Å². The lowest BCUT2D eigenvalue weighted by Crippen LogP contribution is -2.52. The molecule has 0 amide bonds. The van der Waals surface area contributed by atoms with Crippen LogP contribution in [0.1, 0.15) is 0 Å². The molecule has 8 heteroatoms. The molecule has 134 valence electrons. The van der Waals surface area contributed by atoms with E-state index in [2.05, 4.69) is 25.2 Å². The first kappa shape index (κ1) is 16.6. The van der Waals surface area contributed by atoms with E-state index >= 15 is 0 Å². The van der Waals surface area contributed by atoms with Gasteiger partial charge in [0.1, 0.15) is 18.2 Å². The second kappa shape index (κ2) is 7.17. The van der Waals surface area contributed by atoms with E-state index in [0.29, 0.717) is 30.2 Å². The molecule has 1 fully saturated rings. The van der Waals surface area contributed by atoms with Crippen LogP contribution in [0.3, 0.4) is 0 Å². The van der Waals surface area contributed by atoms with Crippen molar-refractivity contribution in [1.29, 1.82) is 0 Å². The summed E-state index contributed by atoms with van der Waals surface area (Å²) in [5.41, 5.74) is 1.56. The summed E-state index contributed by atoms with van der Waals surface area (Å²) in [6.45, 7) is 1.53. The van der Waals surface area contributed by atoms with Crippen molar-refractivity contribution in [3.8, 4) is 17.1 Å². The van der Waals surface area contributed by atoms with Crippen molar-refractivity contribution in [3.05, 3.63) is 36.9 Å². The SMILES string of the molecule is COc1cncc2nc(-c3ccncc3)nc(N3CCNC(CF)C3)c12. The van der Waals surface area contributed by atoms with Gasteiger partial charge in [-0.15, -0.1) is 0 Å². The van der Waals surface area contributed by atoms with Crippen LogP contribution >= 0.6 is 0 Å². The topological polar surface area (TPSA) is 76.1 Å². The monoisotopic (exact) mass is 354 g/mol. The number of nitrogens with zero attached hydrogens (tertiary/aromatic N) is 5. The number of rotatable bonds is 4. The van der Waals surface area contributed by atoms with E-state index in [1.165, 1.54) is 0 Å². The molecular formula is C18H19FN6O. The Morgan fingerprint density at radius 3 is 2.85 bits per heavy atom. The van der Waals surface area contributed by atoms with Gasteiger partial charge in [0.05, 0.1) is 36.4 Å². The van der Waals surface area contributed by atoms with Gasteiger partial charge in [0.25, 0.3) is 0 Å². The molecule has 7 nitrogen and oxygen atoms in total. The highest BCUT2D eigenvalue weighted by Gasteiger charge is 2.24. The van der Waals surface area contributed by atoms with E-state index < -0.39 is 6.67 Å². The number of piperazine rings is 1. The first-order valence-electron chi connectivity index (χ1n) is 8.44. The van der Waals surface area contributed by atoms with E-state index in [9.17, 15) is 4.39 Å². The normalized spacial score (nSPS) is 17.5. The number of methoxy groups -OCH3 is 1. The molecule has 4 heterocycles. The molecule has 1 aliphatic rings. The van der Waals surface area contributed by atoms with Crippen LogP contribution in [-0.4, -0.2) is 59.4 Å². The molecule has 0 bridgehead atoms. The minimum atomic E-state index is -0.421. The number of nitrogens with one attached hydrogen (secondary N) is 1. The summed E-state index contributed by atoms with van der Waals surface area (Å²) >= 11 is 0. The third kappa shape index (κ3) is 3.03. The lowest BCUT2D eigenvalue weighted by Gasteiger charge is -2.34. The zero-order valence-electron chi connectivity index (χ0n) is 14.4. The van der Waals surface area contributed by atoms with Gasteiger partial charge in [0, 0.05) is 37.6 Å². The highest BCUT2D eigenvalue weighted by atomic mass is 19.1. The van der Waals surface area contributed by atoms with Gasteiger partial charge in [0.15, 0.2) is 5.82 Å². The number of aromatic nitrogens is 4. The average Bonchev–Trinajstić information content (AvgIpc) is 2.73. The Morgan fingerprint density at radius 2 is 2.08 bits per heavy atom. The lowest BCUT2D eigenvalue weighted by molar-refractivity contribution is 0.352. The molecule has 1 N–H and O–H groups in total. The van der Waals surface area contributed by atoms with E-state index in [0.717, 1.165) is 23.3 Å². The molecule has 1 atom stereocenters. The predicted octanol–water partition coefficient (Wildman–Crippen LogP) is 1.84. The van der Waals surface area contributed by atoms with Gasteiger partial charge in [-0.05, 0) is 12.1 Å². The van der Waals surface area contributed by atoms with Crippen molar-refractivity contribution in [2.45, 2.75) is 6.04 Å². The summed E-state index contributed by atoms with van der Waals surface area (Å²) in [6.07, 6.45) is 6.76. The van der Waals surface area contributed by atoms with Gasteiger partial charge in [-0.1, -0.05) is 0 Å². The van der Waals surface area contributed by atoms with Gasteiger partial charge in [-0.3, -0.25) is 9.97 Å². The minimum absolute atomic E-state index is 0.217. The molecule has 3 aromatic rings. The number of ether oxygens (including phenoxy) is 1. The van der Waals surface area contributed by atoms with Crippen LogP contribution in [0.2, 0.25) is 0 Å². The standard InChI is InChI=1S/C18H19FN6O/c1-26-15-10-21-9-14-16(15)18(25-7-6-22-13(8-19)11-25)24-17(23-14)12-2-4-20-5-3-12/h2-5,9-10,13,22H,6-8,11H2,1H3. The maximum atomic E-state index is 13.2. The maximum absolute atomic E-state index is 13.2. The molecule has 3 aromatic heterocycles. The van der Waals surface area contributed by atoms with Crippen LogP contribution in [0, 0.1) is 0 Å². The van der Waals surface area contributed by atoms with Gasteiger partial charge < -0.3 is 15.0 Å². The summed E-state index contributed by atoms with van der Waals surface area (Å²) in [5.74, 6) is 1.93. The Kier molecular flexibility index (Phi) is 4.57. The number of halogens is 1. The van der Waals surface area contributed by atoms with E-state index in [1.807, 2.05) is 12.1 Å². The Morgan fingerprint density at radius 1 is 1.23 bits per heavy atom. The van der Waals surface area contributed by atoms with Crippen LogP contribution in [0.15, 0.2) is 36.9 Å². The molecule has 26 heavy (non-hydrogen) atoms. The summed E-state index contributed by atoms with van der Waals surface area (Å²) in [6, 6.07) is 3.51. The fourth-order valence-corrected chi connectivity index (χ4v) is 3.17. The molecule has 0 saturated carbocycles. The molecule has 1 unspecified atom stereocenters. The van der Waals surface area contributed by atoms with Crippen LogP contribution in [0.25, 0.3) is 22.3 Å². The predicted molar refractivity (Wildman–Crippen MR) is 97.1 cm³/mol. The minimum Gasteiger partial charge on any atom is -0.494 e. The van der Waals surface area contributed by atoms with Crippen molar-refractivity contribution in [3.63, 3.8) is 0 Å². The number of pyridine rings is 2. The number of hydrogen-bond donors (Lipinski definition) is 1. The summed E-state index contributed by atoms with van der Waals surface area (Å²) in [4.78, 5) is 19.8. The largest absolute Gasteiger partial charge is 0.494 e. The van der Waals surface area contributed by atoms with Crippen LogP contribution in [0.4, 0.5) is 10.2 Å². The van der Waals surface area contributed by atoms with Crippen molar-refractivity contribution in [2.24, 2.45) is 0 Å². The fraction of sp³-hybridized carbons (Fsp3) is 0.333. The Bertz CT molecular complexity index is 907. The summed E-state index contributed by atoms with van der Waals surface area (Å²) in [7, 11) is 1.60. The van der Waals surface area contributed by atoms with E-state index in [4.69, 9.17) is 9.72 Å². The number of anilines is 1. The third-order valence-corrected chi connectivity index (χ3v) is 4.45. The summed E-state index contributed by atoms with van der Waals surface area (Å²) in [5, 5.41) is 3.97. The van der Waals surface area contributed by atoms with E-state index in [1.54, 1.807) is 31.9 Å². The fourth-order valence-electron chi connectivity index (χ4n) is 3.17. The average molecular weight is 354 g/mol. The lowest BCUT2D eigenvalue weighted by atomic mass is 10.1. The molecule has 1 aliphatic heterocycles. The Hall–Kier alpha value is -2.87. The molecule has 1 saturated heterocycles. The number of fused-ring (bicyclic) bond motifs is 1. The first-order valence-corrected chi connectivity index (χ1v) is 8.44. The molecule has 0 spiro atoms. The van der Waals surface area contributed by atoms with Gasteiger partial charge in [0.2, 0.25) is 0 Å². The number of alkyl halides is 1. The summed E-state index contributed by atoms with van der Waals surface area (Å²) < 4.78 is 18.7. The highest BCUT2D eigenvalue weighted by molar-refractivity contribution is 5.95. The molecule has 0 aromatic carbocycles. The van der Waals surface area contributed by atoms with Gasteiger partial charge in [-0.25, -0.2) is 14.4 Å². The van der Waals surface area contributed by atoms with Gasteiger partial charge in [-0.2, -0.15) is 0 Å². The second-order valence-electron chi connectivity index (χ2n) is 6.09. The molecular weight excluding hydrogens is 335 g/mol. The zero-order chi connectivity index (χ0) is 17.9. The van der Waals surface area contributed by atoms with Crippen molar-refractivity contribution in [2.75, 3.05) is 38.3 Å². The quantitative estimate of drug-likeness (QED) is 0.766. The molecule has 0 aliphatic carbocycles. The van der Waals surface area contributed by atoms with Gasteiger partial charge >= 0.3 is 0 Å². The Balaban J connectivity index is 1.90. The molecule has 0 radical (unpaired) electrons. The zero-order valence-corrected chi connectivity index (χ0v) is 14.4. The first-order chi connectivity index (χ1) is 12.8. The molecule has 4 rings (SSSR count). The van der Waals surface area contributed by atoms with Crippen molar-refractivity contribution >= 4 is 16.7 Å².